The minimum atomic E-state index is 0.133. The number of rotatable bonds is 1. The van der Waals surface area contributed by atoms with Gasteiger partial charge in [-0.25, -0.2) is 4.98 Å². The summed E-state index contributed by atoms with van der Waals surface area (Å²) >= 11 is 1.60. The highest BCUT2D eigenvalue weighted by Crippen LogP contribution is 2.37. The van der Waals surface area contributed by atoms with Gasteiger partial charge in [-0.1, -0.05) is 6.08 Å². The lowest BCUT2D eigenvalue weighted by Crippen LogP contribution is -2.09. The Kier molecular flexibility index (Phi) is 2.00. The van der Waals surface area contributed by atoms with Crippen LogP contribution in [0, 0.1) is 0 Å². The summed E-state index contributed by atoms with van der Waals surface area (Å²) in [4.78, 5) is 9.39. The van der Waals surface area contributed by atoms with E-state index in [9.17, 15) is 0 Å². The quantitative estimate of drug-likeness (QED) is 0.794. The highest BCUT2D eigenvalue weighted by Gasteiger charge is 2.19. The maximum absolute atomic E-state index is 5.79. The lowest BCUT2D eigenvalue weighted by atomic mass is 10.4. The van der Waals surface area contributed by atoms with Gasteiger partial charge in [0.15, 0.2) is 5.58 Å². The van der Waals surface area contributed by atoms with Gasteiger partial charge in [-0.05, 0) is 12.5 Å². The van der Waals surface area contributed by atoms with Crippen molar-refractivity contribution in [1.82, 2.24) is 9.97 Å². The molecule has 0 aliphatic carbocycles. The Bertz CT molecular complexity index is 501. The second-order valence-corrected chi connectivity index (χ2v) is 4.60. The average molecular weight is 219 g/mol. The SMILES string of the molecule is NC1CC=C(c2nc3ccncc3o2)S1. The molecule has 1 unspecified atom stereocenters. The predicted molar refractivity (Wildman–Crippen MR) is 60.0 cm³/mol. The highest BCUT2D eigenvalue weighted by atomic mass is 32.2. The van der Waals surface area contributed by atoms with Gasteiger partial charge in [-0.15, -0.1) is 11.8 Å². The maximum Gasteiger partial charge on any atom is 0.233 e. The van der Waals surface area contributed by atoms with Crippen molar-refractivity contribution in [1.29, 1.82) is 0 Å². The Hall–Kier alpha value is -1.33. The van der Waals surface area contributed by atoms with Gasteiger partial charge in [0.2, 0.25) is 5.89 Å². The van der Waals surface area contributed by atoms with Crippen molar-refractivity contribution < 1.29 is 4.42 Å². The fourth-order valence-corrected chi connectivity index (χ4v) is 2.40. The van der Waals surface area contributed by atoms with Crippen LogP contribution in [0.15, 0.2) is 29.0 Å². The van der Waals surface area contributed by atoms with E-state index in [0.29, 0.717) is 5.89 Å². The van der Waals surface area contributed by atoms with Crippen LogP contribution < -0.4 is 5.73 Å². The van der Waals surface area contributed by atoms with Crippen molar-refractivity contribution in [3.8, 4) is 0 Å². The van der Waals surface area contributed by atoms with Crippen molar-refractivity contribution in [3.63, 3.8) is 0 Å². The van der Waals surface area contributed by atoms with Crippen LogP contribution in [0.3, 0.4) is 0 Å². The Morgan fingerprint density at radius 2 is 2.47 bits per heavy atom. The van der Waals surface area contributed by atoms with Gasteiger partial charge in [-0.2, -0.15) is 0 Å². The average Bonchev–Trinajstić information content (AvgIpc) is 2.82. The Morgan fingerprint density at radius 1 is 1.53 bits per heavy atom. The first-order valence-corrected chi connectivity index (χ1v) is 5.54. The van der Waals surface area contributed by atoms with Crippen LogP contribution >= 0.6 is 11.8 Å². The molecule has 3 rings (SSSR count). The molecule has 0 saturated carbocycles. The van der Waals surface area contributed by atoms with Crippen LogP contribution in [-0.2, 0) is 0 Å². The van der Waals surface area contributed by atoms with E-state index in [4.69, 9.17) is 10.2 Å². The smallest absolute Gasteiger partial charge is 0.233 e. The fraction of sp³-hybridized carbons (Fsp3) is 0.200. The van der Waals surface area contributed by atoms with Crippen LogP contribution in [0.1, 0.15) is 12.3 Å². The van der Waals surface area contributed by atoms with Gasteiger partial charge in [0.05, 0.1) is 16.5 Å². The van der Waals surface area contributed by atoms with Crippen molar-refractivity contribution >= 4 is 27.8 Å². The van der Waals surface area contributed by atoms with Crippen molar-refractivity contribution in [3.05, 3.63) is 30.4 Å². The molecule has 0 spiro atoms. The first-order chi connectivity index (χ1) is 7.33. The van der Waals surface area contributed by atoms with E-state index in [1.165, 1.54) is 0 Å². The summed E-state index contributed by atoms with van der Waals surface area (Å²) in [7, 11) is 0. The molecular weight excluding hydrogens is 210 g/mol. The van der Waals surface area contributed by atoms with E-state index in [1.807, 2.05) is 6.07 Å². The van der Waals surface area contributed by atoms with E-state index in [2.05, 4.69) is 16.0 Å². The van der Waals surface area contributed by atoms with Gasteiger partial charge >= 0.3 is 0 Å². The van der Waals surface area contributed by atoms with E-state index >= 15 is 0 Å². The molecule has 0 radical (unpaired) electrons. The van der Waals surface area contributed by atoms with Crippen LogP contribution in [0.4, 0.5) is 0 Å². The van der Waals surface area contributed by atoms with Crippen LogP contribution in [0.5, 0.6) is 0 Å². The zero-order valence-corrected chi connectivity index (χ0v) is 8.70. The number of nitrogens with two attached hydrogens (primary N) is 1. The molecule has 4 nitrogen and oxygen atoms in total. The largest absolute Gasteiger partial charge is 0.434 e. The van der Waals surface area contributed by atoms with Crippen LogP contribution in [0.2, 0.25) is 0 Å². The number of pyridine rings is 1. The molecule has 0 aromatic carbocycles. The van der Waals surface area contributed by atoms with Gasteiger partial charge < -0.3 is 10.2 Å². The number of hydrogen-bond donors (Lipinski definition) is 1. The van der Waals surface area contributed by atoms with Gasteiger partial charge in [0.1, 0.15) is 5.52 Å². The molecule has 0 fully saturated rings. The molecule has 2 N–H and O–H groups in total. The number of aromatic nitrogens is 2. The third kappa shape index (κ3) is 1.53. The first-order valence-electron chi connectivity index (χ1n) is 4.66. The summed E-state index contributed by atoms with van der Waals surface area (Å²) in [5, 5.41) is 0.133. The second kappa shape index (κ2) is 3.36. The van der Waals surface area contributed by atoms with Gasteiger partial charge in [-0.3, -0.25) is 4.98 Å². The lowest BCUT2D eigenvalue weighted by Gasteiger charge is -1.98. The standard InChI is InChI=1S/C10H9N3OS/c11-9-2-1-8(15-9)10-13-6-3-4-12-5-7(6)14-10/h1,3-5,9H,2,11H2. The Labute approximate surface area is 90.6 Å². The maximum atomic E-state index is 5.79. The number of hydrogen-bond acceptors (Lipinski definition) is 5. The Morgan fingerprint density at radius 3 is 3.20 bits per heavy atom. The third-order valence-corrected chi connectivity index (χ3v) is 3.31. The van der Waals surface area contributed by atoms with Crippen LogP contribution in [-0.4, -0.2) is 15.3 Å². The molecule has 15 heavy (non-hydrogen) atoms. The Balaban J connectivity index is 2.05. The molecule has 76 valence electrons. The molecule has 5 heteroatoms. The molecule has 1 aliphatic heterocycles. The summed E-state index contributed by atoms with van der Waals surface area (Å²) < 4.78 is 5.58. The highest BCUT2D eigenvalue weighted by molar-refractivity contribution is 8.09. The number of nitrogens with zero attached hydrogens (tertiary/aromatic N) is 2. The molecule has 1 aliphatic rings. The van der Waals surface area contributed by atoms with E-state index < -0.39 is 0 Å². The number of thioether (sulfide) groups is 1. The molecule has 2 aromatic heterocycles. The third-order valence-electron chi connectivity index (χ3n) is 2.22. The minimum absolute atomic E-state index is 0.133. The second-order valence-electron chi connectivity index (χ2n) is 3.32. The van der Waals surface area contributed by atoms with Crippen molar-refractivity contribution in [2.24, 2.45) is 5.73 Å². The number of fused-ring (bicyclic) bond motifs is 1. The summed E-state index contributed by atoms with van der Waals surface area (Å²) in [5.74, 6) is 0.649. The first kappa shape index (κ1) is 8.94. The van der Waals surface area contributed by atoms with Crippen molar-refractivity contribution in [2.75, 3.05) is 0 Å². The summed E-state index contributed by atoms with van der Waals surface area (Å²) in [6.45, 7) is 0. The summed E-state index contributed by atoms with van der Waals surface area (Å²) in [6, 6.07) is 1.84. The van der Waals surface area contributed by atoms with Crippen LogP contribution in [0.25, 0.3) is 16.0 Å². The molecule has 0 bridgehead atoms. The summed E-state index contributed by atoms with van der Waals surface area (Å²) in [5.41, 5.74) is 7.34. The van der Waals surface area contributed by atoms with Gasteiger partial charge in [0.25, 0.3) is 0 Å². The van der Waals surface area contributed by atoms with Crippen molar-refractivity contribution in [2.45, 2.75) is 11.8 Å². The fourth-order valence-electron chi connectivity index (χ4n) is 1.51. The molecule has 0 amide bonds. The normalized spacial score (nSPS) is 20.9. The van der Waals surface area contributed by atoms with Gasteiger partial charge in [0, 0.05) is 6.20 Å². The van der Waals surface area contributed by atoms with E-state index in [1.54, 1.807) is 24.2 Å². The number of oxazole rings is 1. The molecular formula is C10H9N3OS. The molecule has 0 saturated heterocycles. The molecule has 1 atom stereocenters. The van der Waals surface area contributed by atoms with E-state index in [-0.39, 0.29) is 5.37 Å². The lowest BCUT2D eigenvalue weighted by molar-refractivity contribution is 0.586. The summed E-state index contributed by atoms with van der Waals surface area (Å²) in [6.07, 6.45) is 6.31. The monoisotopic (exact) mass is 219 g/mol. The minimum Gasteiger partial charge on any atom is -0.434 e. The topological polar surface area (TPSA) is 64.9 Å². The van der Waals surface area contributed by atoms with E-state index in [0.717, 1.165) is 22.4 Å². The zero-order valence-electron chi connectivity index (χ0n) is 7.88. The zero-order chi connectivity index (χ0) is 10.3. The predicted octanol–water partition coefficient (Wildman–Crippen LogP) is 1.99. The molecule has 2 aromatic rings. The molecule has 3 heterocycles.